The van der Waals surface area contributed by atoms with E-state index in [9.17, 15) is 0 Å². The maximum atomic E-state index is 3.31. The van der Waals surface area contributed by atoms with Gasteiger partial charge in [-0.15, -0.1) is 0 Å². The Morgan fingerprint density at radius 3 is 2.33 bits per heavy atom. The Labute approximate surface area is 130 Å². The average Bonchev–Trinajstić information content (AvgIpc) is 2.80. The third-order valence-electron chi connectivity index (χ3n) is 4.81. The van der Waals surface area contributed by atoms with Crippen LogP contribution >= 0.6 is 0 Å². The van der Waals surface area contributed by atoms with Crippen molar-refractivity contribution in [3.8, 4) is 0 Å². The highest BCUT2D eigenvalue weighted by molar-refractivity contribution is 5.40. The zero-order valence-electron chi connectivity index (χ0n) is 14.7. The summed E-state index contributed by atoms with van der Waals surface area (Å²) in [5.74, 6) is 0.824. The van der Waals surface area contributed by atoms with Crippen LogP contribution in [-0.4, -0.2) is 31.6 Å². The molecule has 21 heavy (non-hydrogen) atoms. The second kappa shape index (κ2) is 6.50. The number of benzene rings is 1. The molecule has 0 saturated carbocycles. The first kappa shape index (κ1) is 16.5. The van der Waals surface area contributed by atoms with Crippen molar-refractivity contribution in [1.82, 2.24) is 10.2 Å². The van der Waals surface area contributed by atoms with E-state index in [1.807, 2.05) is 0 Å². The van der Waals surface area contributed by atoms with Crippen LogP contribution in [0.1, 0.15) is 49.4 Å². The maximum absolute atomic E-state index is 3.31. The molecule has 2 rings (SSSR count). The van der Waals surface area contributed by atoms with Crippen molar-refractivity contribution in [2.75, 3.05) is 26.7 Å². The fraction of sp³-hybridized carbons (Fsp3) is 0.684. The maximum Gasteiger partial charge on any atom is 0.0239 e. The summed E-state index contributed by atoms with van der Waals surface area (Å²) in [7, 11) is 2.06. The van der Waals surface area contributed by atoms with Gasteiger partial charge in [0.25, 0.3) is 0 Å². The summed E-state index contributed by atoms with van der Waals surface area (Å²) in [6, 6.07) is 4.78. The summed E-state index contributed by atoms with van der Waals surface area (Å²) in [6.07, 6.45) is 1.33. The summed E-state index contributed by atoms with van der Waals surface area (Å²) in [4.78, 5) is 2.62. The molecule has 1 heterocycles. The molecule has 2 nitrogen and oxygen atoms in total. The lowest BCUT2D eigenvalue weighted by Gasteiger charge is -2.24. The highest BCUT2D eigenvalue weighted by Crippen LogP contribution is 2.28. The number of nitrogens with one attached hydrogen (secondary N) is 1. The minimum Gasteiger partial charge on any atom is -0.319 e. The van der Waals surface area contributed by atoms with Gasteiger partial charge in [0, 0.05) is 13.1 Å². The minimum atomic E-state index is 0.236. The van der Waals surface area contributed by atoms with E-state index in [0.29, 0.717) is 0 Å². The first-order valence-corrected chi connectivity index (χ1v) is 8.29. The largest absolute Gasteiger partial charge is 0.319 e. The molecule has 1 aromatic carbocycles. The van der Waals surface area contributed by atoms with Gasteiger partial charge in [0.1, 0.15) is 0 Å². The summed E-state index contributed by atoms with van der Waals surface area (Å²) >= 11 is 0. The molecule has 2 heteroatoms. The number of likely N-dealkylation sites (tertiary alicyclic amines) is 1. The van der Waals surface area contributed by atoms with E-state index >= 15 is 0 Å². The van der Waals surface area contributed by atoms with Crippen LogP contribution in [0.2, 0.25) is 0 Å². The van der Waals surface area contributed by atoms with Gasteiger partial charge in [0.2, 0.25) is 0 Å². The van der Waals surface area contributed by atoms with Gasteiger partial charge in [-0.05, 0) is 74.0 Å². The number of hydrogen-bond acceptors (Lipinski definition) is 2. The van der Waals surface area contributed by atoms with Gasteiger partial charge < -0.3 is 5.32 Å². The van der Waals surface area contributed by atoms with Gasteiger partial charge in [0.15, 0.2) is 0 Å². The summed E-state index contributed by atoms with van der Waals surface area (Å²) in [5.41, 5.74) is 6.14. The monoisotopic (exact) mass is 288 g/mol. The van der Waals surface area contributed by atoms with Crippen LogP contribution in [-0.2, 0) is 12.0 Å². The molecule has 0 radical (unpaired) electrons. The van der Waals surface area contributed by atoms with Gasteiger partial charge in [-0.25, -0.2) is 0 Å². The molecule has 0 aromatic heterocycles. The van der Waals surface area contributed by atoms with Crippen molar-refractivity contribution in [2.45, 2.75) is 53.0 Å². The van der Waals surface area contributed by atoms with Gasteiger partial charge in [-0.1, -0.05) is 32.9 Å². The SMILES string of the molecule is CNCC1CCN(Cc2c(C)cc(C(C)(C)C)cc2C)C1. The zero-order valence-corrected chi connectivity index (χ0v) is 14.7. The highest BCUT2D eigenvalue weighted by Gasteiger charge is 2.23. The lowest BCUT2D eigenvalue weighted by atomic mass is 9.84. The third kappa shape index (κ3) is 4.08. The second-order valence-electron chi connectivity index (χ2n) is 7.79. The smallest absolute Gasteiger partial charge is 0.0239 e. The summed E-state index contributed by atoms with van der Waals surface area (Å²) < 4.78 is 0. The van der Waals surface area contributed by atoms with Crippen LogP contribution in [0, 0.1) is 19.8 Å². The molecule has 0 aliphatic carbocycles. The van der Waals surface area contributed by atoms with Crippen LogP contribution in [0.25, 0.3) is 0 Å². The molecular weight excluding hydrogens is 256 g/mol. The van der Waals surface area contributed by atoms with Crippen LogP contribution in [0.3, 0.4) is 0 Å². The number of hydrogen-bond donors (Lipinski definition) is 1. The van der Waals surface area contributed by atoms with E-state index in [1.54, 1.807) is 0 Å². The molecule has 0 amide bonds. The molecule has 1 saturated heterocycles. The standard InChI is InChI=1S/C19H32N2/c1-14-9-17(19(3,4)5)10-15(2)18(14)13-21-8-7-16(12-21)11-20-6/h9-10,16,20H,7-8,11-13H2,1-6H3. The highest BCUT2D eigenvalue weighted by atomic mass is 15.1. The van der Waals surface area contributed by atoms with E-state index in [-0.39, 0.29) is 5.41 Å². The lowest BCUT2D eigenvalue weighted by Crippen LogP contribution is -2.25. The van der Waals surface area contributed by atoms with Crippen molar-refractivity contribution in [2.24, 2.45) is 5.92 Å². The van der Waals surface area contributed by atoms with E-state index < -0.39 is 0 Å². The molecule has 1 N–H and O–H groups in total. The van der Waals surface area contributed by atoms with E-state index in [4.69, 9.17) is 0 Å². The van der Waals surface area contributed by atoms with Crippen LogP contribution in [0.4, 0.5) is 0 Å². The van der Waals surface area contributed by atoms with Crippen molar-refractivity contribution in [3.63, 3.8) is 0 Å². The van der Waals surface area contributed by atoms with Crippen molar-refractivity contribution in [3.05, 3.63) is 34.4 Å². The molecule has 1 unspecified atom stereocenters. The zero-order chi connectivity index (χ0) is 15.6. The predicted molar refractivity (Wildman–Crippen MR) is 91.9 cm³/mol. The summed E-state index contributed by atoms with van der Waals surface area (Å²) in [6.45, 7) is 16.2. The third-order valence-corrected chi connectivity index (χ3v) is 4.81. The summed E-state index contributed by atoms with van der Waals surface area (Å²) in [5, 5.41) is 3.31. The molecule has 1 fully saturated rings. The van der Waals surface area contributed by atoms with Gasteiger partial charge >= 0.3 is 0 Å². The number of aryl methyl sites for hydroxylation is 2. The predicted octanol–water partition coefficient (Wildman–Crippen LogP) is 3.64. The fourth-order valence-corrected chi connectivity index (χ4v) is 3.41. The molecule has 0 spiro atoms. The molecule has 1 aliphatic heterocycles. The molecule has 0 bridgehead atoms. The Bertz CT molecular complexity index is 462. The quantitative estimate of drug-likeness (QED) is 0.910. The van der Waals surface area contributed by atoms with Crippen molar-refractivity contribution < 1.29 is 0 Å². The first-order valence-electron chi connectivity index (χ1n) is 8.29. The Balaban J connectivity index is 2.11. The normalized spacial score (nSPS) is 20.2. The Morgan fingerprint density at radius 1 is 1.19 bits per heavy atom. The Hall–Kier alpha value is -0.860. The van der Waals surface area contributed by atoms with Gasteiger partial charge in [-0.3, -0.25) is 4.90 Å². The van der Waals surface area contributed by atoms with Gasteiger partial charge in [-0.2, -0.15) is 0 Å². The van der Waals surface area contributed by atoms with Crippen molar-refractivity contribution >= 4 is 0 Å². The molecular formula is C19H32N2. The molecule has 118 valence electrons. The average molecular weight is 288 g/mol. The first-order chi connectivity index (χ1) is 9.81. The van der Waals surface area contributed by atoms with E-state index in [0.717, 1.165) is 19.0 Å². The second-order valence-corrected chi connectivity index (χ2v) is 7.79. The lowest BCUT2D eigenvalue weighted by molar-refractivity contribution is 0.314. The molecule has 1 atom stereocenters. The molecule has 1 aliphatic rings. The topological polar surface area (TPSA) is 15.3 Å². The minimum absolute atomic E-state index is 0.236. The van der Waals surface area contributed by atoms with Crippen molar-refractivity contribution in [1.29, 1.82) is 0 Å². The van der Waals surface area contributed by atoms with Crippen LogP contribution < -0.4 is 5.32 Å². The van der Waals surface area contributed by atoms with Crippen LogP contribution in [0.5, 0.6) is 0 Å². The Kier molecular flexibility index (Phi) is 5.11. The van der Waals surface area contributed by atoms with Gasteiger partial charge in [0.05, 0.1) is 0 Å². The number of rotatable bonds is 4. The van der Waals surface area contributed by atoms with E-state index in [1.165, 1.54) is 41.8 Å². The number of nitrogens with zero attached hydrogens (tertiary/aromatic N) is 1. The Morgan fingerprint density at radius 2 is 1.81 bits per heavy atom. The fourth-order valence-electron chi connectivity index (χ4n) is 3.41. The van der Waals surface area contributed by atoms with E-state index in [2.05, 4.69) is 64.0 Å². The molecule has 1 aromatic rings. The van der Waals surface area contributed by atoms with Crippen LogP contribution in [0.15, 0.2) is 12.1 Å².